The smallest absolute Gasteiger partial charge is 0.414 e. The number of rotatable bonds is 3. The number of aliphatic carboxylic acids is 1. The van der Waals surface area contributed by atoms with E-state index in [0.717, 1.165) is 11.6 Å². The quantitative estimate of drug-likeness (QED) is 0.807. The van der Waals surface area contributed by atoms with Crippen molar-refractivity contribution in [1.82, 2.24) is 0 Å². The van der Waals surface area contributed by atoms with Gasteiger partial charge in [0.15, 0.2) is 0 Å². The van der Waals surface area contributed by atoms with Gasteiger partial charge in [-0.3, -0.25) is 4.90 Å². The molecule has 0 bridgehead atoms. The number of carboxylic acids is 1. The number of hydrogen-bond acceptors (Lipinski definition) is 3. The predicted octanol–water partition coefficient (Wildman–Crippen LogP) is 1.74. The van der Waals surface area contributed by atoms with E-state index in [1.54, 1.807) is 24.3 Å². The van der Waals surface area contributed by atoms with Crippen molar-refractivity contribution < 1.29 is 19.4 Å². The molecule has 5 nitrogen and oxygen atoms in total. The predicted molar refractivity (Wildman–Crippen MR) is 61.8 cm³/mol. The summed E-state index contributed by atoms with van der Waals surface area (Å²) in [6.07, 6.45) is 2.17. The van der Waals surface area contributed by atoms with Gasteiger partial charge in [0.1, 0.15) is 6.61 Å². The number of anilines is 1. The molecule has 0 saturated carbocycles. The zero-order valence-corrected chi connectivity index (χ0v) is 9.00. The van der Waals surface area contributed by atoms with Crippen LogP contribution >= 0.6 is 0 Å². The summed E-state index contributed by atoms with van der Waals surface area (Å²) in [5, 5.41) is 8.53. The molecule has 0 radical (unpaired) electrons. The molecule has 1 aromatic rings. The first kappa shape index (κ1) is 11.2. The summed E-state index contributed by atoms with van der Waals surface area (Å²) in [5.74, 6) is -1.00. The van der Waals surface area contributed by atoms with Gasteiger partial charge >= 0.3 is 12.1 Å². The van der Waals surface area contributed by atoms with Crippen molar-refractivity contribution >= 4 is 23.8 Å². The normalized spacial score (nSPS) is 15.3. The van der Waals surface area contributed by atoms with Gasteiger partial charge in [-0.1, -0.05) is 12.1 Å². The van der Waals surface area contributed by atoms with Gasteiger partial charge in [-0.15, -0.1) is 0 Å². The van der Waals surface area contributed by atoms with Gasteiger partial charge in [-0.05, 0) is 23.8 Å². The fraction of sp³-hybridized carbons (Fsp3) is 0.167. The van der Waals surface area contributed by atoms with Crippen LogP contribution in [0.5, 0.6) is 0 Å². The highest BCUT2D eigenvalue weighted by molar-refractivity contribution is 5.90. The van der Waals surface area contributed by atoms with Crippen LogP contribution in [0.3, 0.4) is 0 Å². The molecule has 17 heavy (non-hydrogen) atoms. The van der Waals surface area contributed by atoms with Crippen LogP contribution in [0.4, 0.5) is 10.5 Å². The molecule has 0 atom stereocenters. The highest BCUT2D eigenvalue weighted by Crippen LogP contribution is 2.20. The lowest BCUT2D eigenvalue weighted by atomic mass is 10.2. The Morgan fingerprint density at radius 3 is 2.94 bits per heavy atom. The number of nitrogens with zero attached hydrogens (tertiary/aromatic N) is 1. The Morgan fingerprint density at radius 2 is 2.29 bits per heavy atom. The first-order chi connectivity index (χ1) is 8.16. The Morgan fingerprint density at radius 1 is 1.47 bits per heavy atom. The number of cyclic esters (lactones) is 1. The summed E-state index contributed by atoms with van der Waals surface area (Å²) in [6.45, 7) is 0.902. The van der Waals surface area contributed by atoms with E-state index in [1.807, 2.05) is 0 Å². The van der Waals surface area contributed by atoms with E-state index in [-0.39, 0.29) is 6.09 Å². The van der Waals surface area contributed by atoms with Gasteiger partial charge in [0.05, 0.1) is 6.54 Å². The van der Waals surface area contributed by atoms with Crippen molar-refractivity contribution in [3.05, 3.63) is 35.9 Å². The van der Waals surface area contributed by atoms with Crippen molar-refractivity contribution in [3.8, 4) is 0 Å². The Balaban J connectivity index is 2.22. The lowest BCUT2D eigenvalue weighted by Gasteiger charge is -2.12. The summed E-state index contributed by atoms with van der Waals surface area (Å²) in [5.41, 5.74) is 1.43. The average Bonchev–Trinajstić information content (AvgIpc) is 2.73. The lowest BCUT2D eigenvalue weighted by Crippen LogP contribution is -2.23. The van der Waals surface area contributed by atoms with Crippen LogP contribution < -0.4 is 4.90 Å². The average molecular weight is 233 g/mol. The molecule has 1 aliphatic heterocycles. The molecule has 0 spiro atoms. The zero-order chi connectivity index (χ0) is 12.3. The second-order valence-corrected chi connectivity index (χ2v) is 3.53. The number of hydrogen-bond donors (Lipinski definition) is 1. The molecule has 1 fully saturated rings. The van der Waals surface area contributed by atoms with E-state index in [0.29, 0.717) is 18.8 Å². The van der Waals surface area contributed by atoms with Gasteiger partial charge in [0.25, 0.3) is 0 Å². The van der Waals surface area contributed by atoms with E-state index >= 15 is 0 Å². The molecule has 1 amide bonds. The molecule has 2 rings (SSSR count). The number of ether oxygens (including phenoxy) is 1. The minimum Gasteiger partial charge on any atom is -0.478 e. The number of benzene rings is 1. The highest BCUT2D eigenvalue weighted by Gasteiger charge is 2.23. The van der Waals surface area contributed by atoms with Gasteiger partial charge in [0.2, 0.25) is 0 Å². The standard InChI is InChI=1S/C12H11NO4/c14-11(15)5-4-9-2-1-3-10(8-9)13-6-7-17-12(13)16/h1-5,8H,6-7H2,(H,14,15)/b5-4+. The minimum absolute atomic E-state index is 0.371. The third kappa shape index (κ3) is 2.63. The fourth-order valence-corrected chi connectivity index (χ4v) is 1.59. The van der Waals surface area contributed by atoms with E-state index < -0.39 is 5.97 Å². The highest BCUT2D eigenvalue weighted by atomic mass is 16.6. The molecule has 5 heteroatoms. The maximum absolute atomic E-state index is 11.3. The van der Waals surface area contributed by atoms with Crippen LogP contribution in [-0.2, 0) is 9.53 Å². The number of amides is 1. The molecule has 1 heterocycles. The van der Waals surface area contributed by atoms with Crippen LogP contribution in [-0.4, -0.2) is 30.3 Å². The minimum atomic E-state index is -1.00. The van der Waals surface area contributed by atoms with Crippen LogP contribution in [0.25, 0.3) is 6.08 Å². The van der Waals surface area contributed by atoms with E-state index in [4.69, 9.17) is 9.84 Å². The Bertz CT molecular complexity index is 481. The number of carbonyl (C=O) groups excluding carboxylic acids is 1. The monoisotopic (exact) mass is 233 g/mol. The maximum Gasteiger partial charge on any atom is 0.414 e. The van der Waals surface area contributed by atoms with Gasteiger partial charge in [0, 0.05) is 11.8 Å². The summed E-state index contributed by atoms with van der Waals surface area (Å²) >= 11 is 0. The van der Waals surface area contributed by atoms with Crippen LogP contribution in [0, 0.1) is 0 Å². The van der Waals surface area contributed by atoms with Crippen molar-refractivity contribution in [1.29, 1.82) is 0 Å². The topological polar surface area (TPSA) is 66.8 Å². The van der Waals surface area contributed by atoms with E-state index in [9.17, 15) is 9.59 Å². The number of carbonyl (C=O) groups is 2. The maximum atomic E-state index is 11.3. The molecular weight excluding hydrogens is 222 g/mol. The second-order valence-electron chi connectivity index (χ2n) is 3.53. The fourth-order valence-electron chi connectivity index (χ4n) is 1.59. The Labute approximate surface area is 97.9 Å². The molecule has 0 aromatic heterocycles. The van der Waals surface area contributed by atoms with E-state index in [2.05, 4.69) is 0 Å². The molecule has 0 unspecified atom stereocenters. The number of carboxylic acid groups (broad SMARTS) is 1. The zero-order valence-electron chi connectivity index (χ0n) is 9.00. The first-order valence-electron chi connectivity index (χ1n) is 5.12. The van der Waals surface area contributed by atoms with Crippen molar-refractivity contribution in [2.75, 3.05) is 18.1 Å². The molecular formula is C12H11NO4. The van der Waals surface area contributed by atoms with Crippen molar-refractivity contribution in [3.63, 3.8) is 0 Å². The first-order valence-corrected chi connectivity index (χ1v) is 5.12. The Kier molecular flexibility index (Phi) is 3.09. The van der Waals surface area contributed by atoms with Crippen LogP contribution in [0.1, 0.15) is 5.56 Å². The van der Waals surface area contributed by atoms with Gasteiger partial charge in [-0.25, -0.2) is 9.59 Å². The third-order valence-corrected chi connectivity index (χ3v) is 2.36. The summed E-state index contributed by atoms with van der Waals surface area (Å²) < 4.78 is 4.83. The SMILES string of the molecule is O=C(O)/C=C/c1cccc(N2CCOC2=O)c1. The second kappa shape index (κ2) is 4.69. The molecule has 1 N–H and O–H groups in total. The molecule has 1 saturated heterocycles. The molecule has 1 aromatic carbocycles. The van der Waals surface area contributed by atoms with Crippen molar-refractivity contribution in [2.24, 2.45) is 0 Å². The summed E-state index contributed by atoms with van der Waals surface area (Å²) in [4.78, 5) is 23.3. The summed E-state index contributed by atoms with van der Waals surface area (Å²) in [6, 6.07) is 7.06. The van der Waals surface area contributed by atoms with Crippen LogP contribution in [0.15, 0.2) is 30.3 Å². The van der Waals surface area contributed by atoms with Gasteiger partial charge < -0.3 is 9.84 Å². The Hall–Kier alpha value is -2.30. The van der Waals surface area contributed by atoms with Crippen molar-refractivity contribution in [2.45, 2.75) is 0 Å². The molecule has 1 aliphatic rings. The summed E-state index contributed by atoms with van der Waals surface area (Å²) in [7, 11) is 0. The lowest BCUT2D eigenvalue weighted by molar-refractivity contribution is -0.131. The third-order valence-electron chi connectivity index (χ3n) is 2.36. The molecule has 0 aliphatic carbocycles. The van der Waals surface area contributed by atoms with Gasteiger partial charge in [-0.2, -0.15) is 0 Å². The largest absolute Gasteiger partial charge is 0.478 e. The van der Waals surface area contributed by atoms with Crippen LogP contribution in [0.2, 0.25) is 0 Å². The van der Waals surface area contributed by atoms with E-state index in [1.165, 1.54) is 11.0 Å². The molecule has 88 valence electrons.